The summed E-state index contributed by atoms with van der Waals surface area (Å²) in [7, 11) is 0. The molecule has 0 unspecified atom stereocenters. The Morgan fingerprint density at radius 3 is 2.47 bits per heavy atom. The van der Waals surface area contributed by atoms with E-state index < -0.39 is 0 Å². The Hall–Kier alpha value is -1.59. The molecule has 0 aliphatic carbocycles. The molecule has 17 heavy (non-hydrogen) atoms. The highest BCUT2D eigenvalue weighted by molar-refractivity contribution is 5.49. The molecule has 1 fully saturated rings. The first-order valence-corrected chi connectivity index (χ1v) is 6.37. The van der Waals surface area contributed by atoms with Gasteiger partial charge in [0, 0.05) is 0 Å². The molecule has 1 saturated heterocycles. The summed E-state index contributed by atoms with van der Waals surface area (Å²) in [6, 6.07) is 12.6. The predicted octanol–water partition coefficient (Wildman–Crippen LogP) is 1.66. The number of piperidine rings is 1. The van der Waals surface area contributed by atoms with Crippen LogP contribution in [0.3, 0.4) is 0 Å². The van der Waals surface area contributed by atoms with Gasteiger partial charge in [0.25, 0.3) is 0 Å². The van der Waals surface area contributed by atoms with Crippen molar-refractivity contribution in [1.82, 2.24) is 0 Å². The van der Waals surface area contributed by atoms with Crippen molar-refractivity contribution in [2.24, 2.45) is 0 Å². The molecule has 2 nitrogen and oxygen atoms in total. The van der Waals surface area contributed by atoms with E-state index in [2.05, 4.69) is 30.4 Å². The van der Waals surface area contributed by atoms with Crippen LogP contribution in [-0.4, -0.2) is 19.1 Å². The molecule has 1 atom stereocenters. The van der Waals surface area contributed by atoms with Crippen LogP contribution in [0.1, 0.15) is 24.8 Å². The maximum Gasteiger partial charge on any atom is 0.194 e. The molecule has 1 aromatic carbocycles. The number of hydrogen-bond donors (Lipinski definition) is 1. The second kappa shape index (κ2) is 6.22. The summed E-state index contributed by atoms with van der Waals surface area (Å²) >= 11 is 0. The summed E-state index contributed by atoms with van der Waals surface area (Å²) < 4.78 is 0. The predicted molar refractivity (Wildman–Crippen MR) is 69.4 cm³/mol. The van der Waals surface area contributed by atoms with Crippen molar-refractivity contribution in [2.45, 2.75) is 25.3 Å². The molecule has 88 valence electrons. The van der Waals surface area contributed by atoms with Crippen molar-refractivity contribution in [3.63, 3.8) is 0 Å². The molecule has 2 heteroatoms. The van der Waals surface area contributed by atoms with Gasteiger partial charge in [-0.25, -0.2) is 0 Å². The van der Waals surface area contributed by atoms with E-state index in [-0.39, 0.29) is 6.04 Å². The molecule has 0 aromatic heterocycles. The van der Waals surface area contributed by atoms with Crippen molar-refractivity contribution in [2.75, 3.05) is 13.1 Å². The number of likely N-dealkylation sites (tertiary alicyclic amines) is 1. The van der Waals surface area contributed by atoms with Crippen LogP contribution in [0.5, 0.6) is 0 Å². The topological polar surface area (TPSA) is 28.2 Å². The molecule has 0 bridgehead atoms. The number of nitrogens with zero attached hydrogens (tertiary/aromatic N) is 1. The van der Waals surface area contributed by atoms with Crippen LogP contribution in [-0.2, 0) is 0 Å². The highest BCUT2D eigenvalue weighted by Crippen LogP contribution is 2.02. The first kappa shape index (κ1) is 11.9. The Kier molecular flexibility index (Phi) is 4.35. The van der Waals surface area contributed by atoms with Gasteiger partial charge in [-0.2, -0.15) is 5.26 Å². The number of benzene rings is 1. The molecular formula is C15H19N2+. The third-order valence-corrected chi connectivity index (χ3v) is 3.36. The van der Waals surface area contributed by atoms with Gasteiger partial charge in [-0.1, -0.05) is 36.4 Å². The first-order chi connectivity index (χ1) is 8.40. The summed E-state index contributed by atoms with van der Waals surface area (Å²) in [6.45, 7) is 2.27. The fourth-order valence-corrected chi connectivity index (χ4v) is 2.36. The number of hydrogen-bond acceptors (Lipinski definition) is 1. The molecule has 1 aliphatic heterocycles. The first-order valence-electron chi connectivity index (χ1n) is 6.37. The second-order valence-corrected chi connectivity index (χ2v) is 4.60. The monoisotopic (exact) mass is 227 g/mol. The van der Waals surface area contributed by atoms with Crippen molar-refractivity contribution < 1.29 is 4.90 Å². The number of quaternary nitrogens is 1. The largest absolute Gasteiger partial charge is 0.317 e. The quantitative estimate of drug-likeness (QED) is 0.835. The smallest absolute Gasteiger partial charge is 0.194 e. The Bertz CT molecular complexity index is 397. The lowest BCUT2D eigenvalue weighted by Crippen LogP contribution is -3.16. The lowest BCUT2D eigenvalue weighted by Gasteiger charge is -2.25. The molecule has 0 radical (unpaired) electrons. The fourth-order valence-electron chi connectivity index (χ4n) is 2.36. The second-order valence-electron chi connectivity index (χ2n) is 4.60. The van der Waals surface area contributed by atoms with Gasteiger partial charge < -0.3 is 4.90 Å². The molecule has 0 spiro atoms. The molecular weight excluding hydrogens is 208 g/mol. The zero-order valence-electron chi connectivity index (χ0n) is 10.1. The number of nitriles is 1. The minimum Gasteiger partial charge on any atom is -0.317 e. The third-order valence-electron chi connectivity index (χ3n) is 3.36. The van der Waals surface area contributed by atoms with E-state index in [0.29, 0.717) is 0 Å². The average molecular weight is 227 g/mol. The van der Waals surface area contributed by atoms with Gasteiger partial charge in [-0.15, -0.1) is 0 Å². The Morgan fingerprint density at radius 2 is 1.82 bits per heavy atom. The van der Waals surface area contributed by atoms with Gasteiger partial charge in [-0.3, -0.25) is 0 Å². The zero-order valence-corrected chi connectivity index (χ0v) is 10.1. The molecule has 1 heterocycles. The van der Waals surface area contributed by atoms with E-state index in [1.807, 2.05) is 18.2 Å². The Labute approximate surface area is 103 Å². The fraction of sp³-hybridized carbons (Fsp3) is 0.400. The van der Waals surface area contributed by atoms with Crippen LogP contribution < -0.4 is 4.90 Å². The van der Waals surface area contributed by atoms with Crippen LogP contribution in [0, 0.1) is 11.3 Å². The number of rotatable bonds is 3. The lowest BCUT2D eigenvalue weighted by atomic mass is 10.1. The maximum atomic E-state index is 9.23. The van der Waals surface area contributed by atoms with Crippen molar-refractivity contribution in [1.29, 1.82) is 5.26 Å². The molecule has 0 saturated carbocycles. The Morgan fingerprint density at radius 1 is 1.12 bits per heavy atom. The molecule has 2 rings (SSSR count). The lowest BCUT2D eigenvalue weighted by molar-refractivity contribution is -0.915. The van der Waals surface area contributed by atoms with Gasteiger partial charge in [0.1, 0.15) is 6.07 Å². The summed E-state index contributed by atoms with van der Waals surface area (Å²) in [5.74, 6) is 0. The minimum absolute atomic E-state index is 0.00973. The molecule has 0 amide bonds. The van der Waals surface area contributed by atoms with Crippen LogP contribution in [0.25, 0.3) is 6.08 Å². The third kappa shape index (κ3) is 3.44. The van der Waals surface area contributed by atoms with E-state index in [1.165, 1.54) is 29.7 Å². The Balaban J connectivity index is 2.00. The van der Waals surface area contributed by atoms with Gasteiger partial charge in [0.05, 0.1) is 13.1 Å². The van der Waals surface area contributed by atoms with Gasteiger partial charge in [0.2, 0.25) is 0 Å². The van der Waals surface area contributed by atoms with Crippen LogP contribution in [0.15, 0.2) is 36.4 Å². The standard InChI is InChI=1S/C15H18N2/c16-13-15(17-11-5-2-6-12-17)10-9-14-7-3-1-4-8-14/h1,3-4,7-10,15H,2,5-6,11-12H2/p+1/b10-9+/t15-/m0/s1. The summed E-state index contributed by atoms with van der Waals surface area (Å²) in [4.78, 5) is 1.42. The van der Waals surface area contributed by atoms with Crippen molar-refractivity contribution >= 4 is 6.08 Å². The summed E-state index contributed by atoms with van der Waals surface area (Å²) in [5, 5.41) is 9.23. The average Bonchev–Trinajstić information content (AvgIpc) is 2.42. The van der Waals surface area contributed by atoms with Gasteiger partial charge >= 0.3 is 0 Å². The van der Waals surface area contributed by atoms with Crippen LogP contribution in [0.4, 0.5) is 0 Å². The number of nitrogens with one attached hydrogen (secondary N) is 1. The maximum absolute atomic E-state index is 9.23. The molecule has 1 aliphatic rings. The van der Waals surface area contributed by atoms with E-state index in [9.17, 15) is 5.26 Å². The summed E-state index contributed by atoms with van der Waals surface area (Å²) in [6.07, 6.45) is 7.95. The highest BCUT2D eigenvalue weighted by Gasteiger charge is 2.21. The van der Waals surface area contributed by atoms with E-state index >= 15 is 0 Å². The van der Waals surface area contributed by atoms with E-state index in [4.69, 9.17) is 0 Å². The van der Waals surface area contributed by atoms with Crippen molar-refractivity contribution in [3.05, 3.63) is 42.0 Å². The minimum atomic E-state index is 0.00973. The van der Waals surface area contributed by atoms with Crippen LogP contribution >= 0.6 is 0 Å². The van der Waals surface area contributed by atoms with E-state index in [0.717, 1.165) is 13.1 Å². The normalized spacial score (nSPS) is 19.0. The highest BCUT2D eigenvalue weighted by atomic mass is 15.1. The molecule has 1 aromatic rings. The van der Waals surface area contributed by atoms with Gasteiger partial charge in [-0.05, 0) is 30.9 Å². The molecule has 1 N–H and O–H groups in total. The zero-order chi connectivity index (χ0) is 11.9. The summed E-state index contributed by atoms with van der Waals surface area (Å²) in [5.41, 5.74) is 1.17. The van der Waals surface area contributed by atoms with E-state index in [1.54, 1.807) is 0 Å². The van der Waals surface area contributed by atoms with Crippen LogP contribution in [0.2, 0.25) is 0 Å². The SMILES string of the molecule is N#C[C@H](/C=C/c1ccccc1)[NH+]1CCCCC1. The van der Waals surface area contributed by atoms with Gasteiger partial charge in [0.15, 0.2) is 6.04 Å². The van der Waals surface area contributed by atoms with Crippen molar-refractivity contribution in [3.8, 4) is 6.07 Å².